The van der Waals surface area contributed by atoms with E-state index in [1.54, 1.807) is 7.11 Å². The third-order valence-corrected chi connectivity index (χ3v) is 2.80. The quantitative estimate of drug-likeness (QED) is 0.682. The first-order valence-electron chi connectivity index (χ1n) is 7.19. The average Bonchev–Trinajstić information content (AvgIpc) is 2.44. The van der Waals surface area contributed by atoms with E-state index in [-0.39, 0.29) is 12.1 Å². The molecule has 1 aromatic carbocycles. The lowest BCUT2D eigenvalue weighted by Crippen LogP contribution is -2.35. The lowest BCUT2D eigenvalue weighted by Gasteiger charge is -2.22. The minimum atomic E-state index is 0.0310. The maximum atomic E-state index is 8.64. The summed E-state index contributed by atoms with van der Waals surface area (Å²) in [7, 11) is 1.65. The van der Waals surface area contributed by atoms with E-state index in [1.807, 2.05) is 18.2 Å². The maximum absolute atomic E-state index is 8.64. The Bertz CT molecular complexity index is 415. The minimum Gasteiger partial charge on any atom is -0.497 e. The molecule has 5 nitrogen and oxygen atoms in total. The molecule has 0 fully saturated rings. The number of rotatable bonds is 9. The summed E-state index contributed by atoms with van der Waals surface area (Å²) in [5.74, 6) is 1.63. The molecule has 0 atom stereocenters. The van der Waals surface area contributed by atoms with Gasteiger partial charge in [-0.1, -0.05) is 0 Å². The second-order valence-electron chi connectivity index (χ2n) is 5.76. The van der Waals surface area contributed by atoms with Crippen LogP contribution in [0.2, 0.25) is 0 Å². The van der Waals surface area contributed by atoms with Gasteiger partial charge in [-0.3, -0.25) is 0 Å². The van der Waals surface area contributed by atoms with Crippen molar-refractivity contribution in [1.29, 1.82) is 0 Å². The molecule has 0 spiro atoms. The Morgan fingerprint density at radius 1 is 1.14 bits per heavy atom. The van der Waals surface area contributed by atoms with Crippen LogP contribution in [0.15, 0.2) is 18.2 Å². The van der Waals surface area contributed by atoms with Crippen molar-refractivity contribution in [2.45, 2.75) is 32.9 Å². The number of nitrogens with one attached hydrogen (secondary N) is 1. The highest BCUT2D eigenvalue weighted by atomic mass is 16.5. The summed E-state index contributed by atoms with van der Waals surface area (Å²) >= 11 is 0. The summed E-state index contributed by atoms with van der Waals surface area (Å²) in [6.45, 7) is 8.35. The molecule has 1 rings (SSSR count). The van der Waals surface area contributed by atoms with Crippen molar-refractivity contribution in [2.24, 2.45) is 0 Å². The molecule has 0 aliphatic rings. The van der Waals surface area contributed by atoms with E-state index < -0.39 is 0 Å². The second-order valence-corrected chi connectivity index (χ2v) is 5.76. The molecule has 5 heteroatoms. The minimum absolute atomic E-state index is 0.0310. The van der Waals surface area contributed by atoms with Crippen molar-refractivity contribution >= 4 is 0 Å². The molecule has 0 aromatic heterocycles. The number of hydrogen-bond donors (Lipinski definition) is 2. The Labute approximate surface area is 127 Å². The van der Waals surface area contributed by atoms with E-state index in [0.29, 0.717) is 26.4 Å². The van der Waals surface area contributed by atoms with Crippen molar-refractivity contribution in [3.8, 4) is 11.5 Å². The molecule has 0 aliphatic heterocycles. The van der Waals surface area contributed by atoms with Gasteiger partial charge >= 0.3 is 0 Å². The summed E-state index contributed by atoms with van der Waals surface area (Å²) in [6, 6.07) is 5.76. The molecule has 1 aromatic rings. The first-order chi connectivity index (χ1) is 9.96. The van der Waals surface area contributed by atoms with Gasteiger partial charge in [0.1, 0.15) is 18.1 Å². The van der Waals surface area contributed by atoms with Gasteiger partial charge in [0.25, 0.3) is 0 Å². The smallest absolute Gasteiger partial charge is 0.124 e. The lowest BCUT2D eigenvalue weighted by molar-refractivity contribution is 0.0702. The molecule has 120 valence electrons. The van der Waals surface area contributed by atoms with Crippen LogP contribution in [0.4, 0.5) is 0 Å². The largest absolute Gasteiger partial charge is 0.497 e. The van der Waals surface area contributed by atoms with E-state index in [4.69, 9.17) is 19.3 Å². The molecule has 0 saturated heterocycles. The predicted octanol–water partition coefficient (Wildman–Crippen LogP) is 1.97. The number of aliphatic hydroxyl groups excluding tert-OH is 1. The van der Waals surface area contributed by atoms with Crippen molar-refractivity contribution in [3.63, 3.8) is 0 Å². The summed E-state index contributed by atoms with van der Waals surface area (Å²) < 4.78 is 16.2. The van der Waals surface area contributed by atoms with Gasteiger partial charge in [-0.25, -0.2) is 0 Å². The molecular formula is C16H27NO4. The number of hydrogen-bond acceptors (Lipinski definition) is 5. The third kappa shape index (κ3) is 7.32. The topological polar surface area (TPSA) is 60.0 Å². The Kier molecular flexibility index (Phi) is 7.50. The predicted molar refractivity (Wildman–Crippen MR) is 83.0 cm³/mol. The van der Waals surface area contributed by atoms with Crippen molar-refractivity contribution in [1.82, 2.24) is 5.32 Å². The summed E-state index contributed by atoms with van der Waals surface area (Å²) in [6.07, 6.45) is 0. The summed E-state index contributed by atoms with van der Waals surface area (Å²) in [5, 5.41) is 12.1. The molecule has 21 heavy (non-hydrogen) atoms. The number of ether oxygens (including phenoxy) is 3. The van der Waals surface area contributed by atoms with Crippen molar-refractivity contribution in [3.05, 3.63) is 23.8 Å². The van der Waals surface area contributed by atoms with E-state index in [9.17, 15) is 0 Å². The molecule has 0 heterocycles. The van der Waals surface area contributed by atoms with E-state index in [1.165, 1.54) is 0 Å². The highest BCUT2D eigenvalue weighted by molar-refractivity contribution is 5.40. The van der Waals surface area contributed by atoms with Gasteiger partial charge in [-0.15, -0.1) is 0 Å². The Hall–Kier alpha value is -1.30. The SMILES string of the molecule is COc1ccc(OCCOCCO)c(CNC(C)(C)C)c1. The Morgan fingerprint density at radius 2 is 1.90 bits per heavy atom. The van der Waals surface area contributed by atoms with Crippen LogP contribution in [-0.4, -0.2) is 44.2 Å². The fourth-order valence-corrected chi connectivity index (χ4v) is 1.70. The van der Waals surface area contributed by atoms with E-state index >= 15 is 0 Å². The zero-order valence-corrected chi connectivity index (χ0v) is 13.4. The first-order valence-corrected chi connectivity index (χ1v) is 7.19. The summed E-state index contributed by atoms with van der Waals surface area (Å²) in [5.41, 5.74) is 1.08. The van der Waals surface area contributed by atoms with Gasteiger partial charge in [0.15, 0.2) is 0 Å². The molecule has 0 saturated carbocycles. The van der Waals surface area contributed by atoms with Crippen LogP contribution in [0.5, 0.6) is 11.5 Å². The first kappa shape index (κ1) is 17.8. The fourth-order valence-electron chi connectivity index (χ4n) is 1.70. The Balaban J connectivity index is 2.63. The van der Waals surface area contributed by atoms with Crippen molar-refractivity contribution in [2.75, 3.05) is 33.5 Å². The standard InChI is InChI=1S/C16H27NO4/c1-16(2,3)17-12-13-11-14(19-4)5-6-15(13)21-10-9-20-8-7-18/h5-6,11,17-18H,7-10,12H2,1-4H3. The Morgan fingerprint density at radius 3 is 2.52 bits per heavy atom. The molecule has 0 unspecified atom stereocenters. The average molecular weight is 297 g/mol. The van der Waals surface area contributed by atoms with Gasteiger partial charge in [-0.05, 0) is 39.0 Å². The fraction of sp³-hybridized carbons (Fsp3) is 0.625. The summed E-state index contributed by atoms with van der Waals surface area (Å²) in [4.78, 5) is 0. The van der Waals surface area contributed by atoms with Crippen LogP contribution in [0.3, 0.4) is 0 Å². The van der Waals surface area contributed by atoms with Crippen LogP contribution in [-0.2, 0) is 11.3 Å². The highest BCUT2D eigenvalue weighted by Gasteiger charge is 2.12. The van der Waals surface area contributed by atoms with E-state index in [0.717, 1.165) is 17.1 Å². The zero-order valence-electron chi connectivity index (χ0n) is 13.4. The van der Waals surface area contributed by atoms with Gasteiger partial charge in [0, 0.05) is 17.6 Å². The van der Waals surface area contributed by atoms with Gasteiger partial charge < -0.3 is 24.6 Å². The molecule has 0 radical (unpaired) electrons. The zero-order chi connectivity index (χ0) is 15.7. The second kappa shape index (κ2) is 8.87. The van der Waals surface area contributed by atoms with E-state index in [2.05, 4.69) is 26.1 Å². The van der Waals surface area contributed by atoms with Crippen LogP contribution >= 0.6 is 0 Å². The van der Waals surface area contributed by atoms with Crippen molar-refractivity contribution < 1.29 is 19.3 Å². The highest BCUT2D eigenvalue weighted by Crippen LogP contribution is 2.24. The maximum Gasteiger partial charge on any atom is 0.124 e. The monoisotopic (exact) mass is 297 g/mol. The number of methoxy groups -OCH3 is 1. The van der Waals surface area contributed by atoms with Gasteiger partial charge in [0.2, 0.25) is 0 Å². The molecule has 0 bridgehead atoms. The number of aliphatic hydroxyl groups is 1. The van der Waals surface area contributed by atoms with Gasteiger partial charge in [-0.2, -0.15) is 0 Å². The van der Waals surface area contributed by atoms with Crippen LogP contribution in [0.25, 0.3) is 0 Å². The van der Waals surface area contributed by atoms with Crippen LogP contribution in [0.1, 0.15) is 26.3 Å². The molecule has 2 N–H and O–H groups in total. The molecule has 0 aliphatic carbocycles. The van der Waals surface area contributed by atoms with Crippen LogP contribution < -0.4 is 14.8 Å². The number of benzene rings is 1. The van der Waals surface area contributed by atoms with Crippen LogP contribution in [0, 0.1) is 0 Å². The third-order valence-electron chi connectivity index (χ3n) is 2.80. The van der Waals surface area contributed by atoms with Gasteiger partial charge in [0.05, 0.1) is 26.9 Å². The normalized spacial score (nSPS) is 11.5. The molecule has 0 amide bonds. The molecular weight excluding hydrogens is 270 g/mol. The lowest BCUT2D eigenvalue weighted by atomic mass is 10.1.